The fourth-order valence-corrected chi connectivity index (χ4v) is 7.91. The standard InChI is InChI=1S/C46H31N3O/c1-46(2)37-20-12-11-19-35(37)39-33-17-9-10-18-34(33)42-40(41(39)46)36-26-25-32(27-38(36)50-42)28-21-23-31(24-22-28)45-48-43(29-13-5-3-6-14-29)47-44(49-45)30-15-7-4-8-16-30/h3-27H,1-2H3. The molecule has 0 unspecified atom stereocenters. The maximum absolute atomic E-state index is 6.82. The zero-order valence-corrected chi connectivity index (χ0v) is 27.7. The second-order valence-corrected chi connectivity index (χ2v) is 13.6. The molecule has 50 heavy (non-hydrogen) atoms. The maximum atomic E-state index is 6.82. The number of benzene rings is 7. The zero-order valence-electron chi connectivity index (χ0n) is 27.7. The molecule has 4 nitrogen and oxygen atoms in total. The van der Waals surface area contributed by atoms with E-state index in [1.54, 1.807) is 0 Å². The van der Waals surface area contributed by atoms with E-state index in [1.165, 1.54) is 33.0 Å². The van der Waals surface area contributed by atoms with Crippen molar-refractivity contribution in [2.75, 3.05) is 0 Å². The Bertz CT molecular complexity index is 2710. The van der Waals surface area contributed by atoms with Gasteiger partial charge in [-0.1, -0.05) is 153 Å². The van der Waals surface area contributed by atoms with E-state index < -0.39 is 0 Å². The fraction of sp³-hybridized carbons (Fsp3) is 0.0652. The topological polar surface area (TPSA) is 51.8 Å². The van der Waals surface area contributed by atoms with Crippen LogP contribution < -0.4 is 0 Å². The zero-order chi connectivity index (χ0) is 33.4. The van der Waals surface area contributed by atoms with Crippen LogP contribution in [0.4, 0.5) is 0 Å². The largest absolute Gasteiger partial charge is 0.455 e. The van der Waals surface area contributed by atoms with Crippen molar-refractivity contribution >= 4 is 32.7 Å². The minimum absolute atomic E-state index is 0.157. The van der Waals surface area contributed by atoms with E-state index >= 15 is 0 Å². The van der Waals surface area contributed by atoms with Crippen LogP contribution in [0.3, 0.4) is 0 Å². The van der Waals surface area contributed by atoms with E-state index in [1.807, 2.05) is 60.7 Å². The van der Waals surface area contributed by atoms with Crippen LogP contribution in [0.5, 0.6) is 0 Å². The van der Waals surface area contributed by atoms with Gasteiger partial charge < -0.3 is 4.42 Å². The van der Waals surface area contributed by atoms with E-state index in [0.29, 0.717) is 17.5 Å². The number of hydrogen-bond acceptors (Lipinski definition) is 4. The third-order valence-electron chi connectivity index (χ3n) is 10.3. The SMILES string of the molecule is CC1(C)c2ccccc2-c2c1c1c3ccc(-c4ccc(-c5nc(-c6ccccc6)nc(-c6ccccc6)n5)cc4)cc3oc1c1ccccc21. The van der Waals surface area contributed by atoms with Gasteiger partial charge in [-0.3, -0.25) is 0 Å². The molecule has 0 spiro atoms. The van der Waals surface area contributed by atoms with Crippen molar-refractivity contribution in [3.63, 3.8) is 0 Å². The minimum atomic E-state index is -0.157. The Balaban J connectivity index is 1.09. The predicted molar refractivity (Wildman–Crippen MR) is 204 cm³/mol. The van der Waals surface area contributed by atoms with Crippen LogP contribution in [-0.2, 0) is 5.41 Å². The molecule has 2 heterocycles. The molecule has 0 atom stereocenters. The lowest BCUT2D eigenvalue weighted by molar-refractivity contribution is 0.659. The van der Waals surface area contributed by atoms with E-state index in [4.69, 9.17) is 19.4 Å². The van der Waals surface area contributed by atoms with Crippen molar-refractivity contribution in [3.05, 3.63) is 163 Å². The van der Waals surface area contributed by atoms with Crippen molar-refractivity contribution in [1.29, 1.82) is 0 Å². The summed E-state index contributed by atoms with van der Waals surface area (Å²) in [5.74, 6) is 1.94. The van der Waals surface area contributed by atoms with Crippen LogP contribution in [0, 0.1) is 0 Å². The van der Waals surface area contributed by atoms with Gasteiger partial charge in [0.2, 0.25) is 0 Å². The van der Waals surface area contributed by atoms with Crippen molar-refractivity contribution < 1.29 is 4.42 Å². The Hall–Kier alpha value is -6.39. The van der Waals surface area contributed by atoms with E-state index in [0.717, 1.165) is 49.8 Å². The molecule has 0 saturated carbocycles. The molecule has 0 radical (unpaired) electrons. The average Bonchev–Trinajstić information content (AvgIpc) is 3.67. The van der Waals surface area contributed by atoms with Crippen molar-refractivity contribution in [2.45, 2.75) is 19.3 Å². The van der Waals surface area contributed by atoms with Gasteiger partial charge in [0.25, 0.3) is 0 Å². The second-order valence-electron chi connectivity index (χ2n) is 13.6. The Labute approximate surface area is 289 Å². The molecular formula is C46H31N3O. The van der Waals surface area contributed by atoms with Crippen LogP contribution in [0.25, 0.3) is 89.1 Å². The first-order chi connectivity index (χ1) is 24.5. The molecule has 0 N–H and O–H groups in total. The normalized spacial score (nSPS) is 13.2. The van der Waals surface area contributed by atoms with Crippen LogP contribution in [-0.4, -0.2) is 15.0 Å². The summed E-state index contributed by atoms with van der Waals surface area (Å²) in [5, 5.41) is 4.76. The van der Waals surface area contributed by atoms with Gasteiger partial charge in [-0.15, -0.1) is 0 Å². The number of hydrogen-bond donors (Lipinski definition) is 0. The van der Waals surface area contributed by atoms with Crippen LogP contribution in [0.15, 0.2) is 156 Å². The van der Waals surface area contributed by atoms with Gasteiger partial charge in [0, 0.05) is 38.3 Å². The molecule has 2 aromatic heterocycles. The molecule has 0 fully saturated rings. The molecule has 9 aromatic rings. The van der Waals surface area contributed by atoms with Crippen LogP contribution in [0.2, 0.25) is 0 Å². The first-order valence-corrected chi connectivity index (χ1v) is 17.0. The summed E-state index contributed by atoms with van der Waals surface area (Å²) in [5.41, 5.74) is 12.1. The monoisotopic (exact) mass is 641 g/mol. The minimum Gasteiger partial charge on any atom is -0.455 e. The highest BCUT2D eigenvalue weighted by atomic mass is 16.3. The first-order valence-electron chi connectivity index (χ1n) is 17.0. The van der Waals surface area contributed by atoms with Gasteiger partial charge in [0.05, 0.1) is 0 Å². The Morgan fingerprint density at radius 3 is 1.64 bits per heavy atom. The molecule has 4 heteroatoms. The summed E-state index contributed by atoms with van der Waals surface area (Å²) >= 11 is 0. The lowest BCUT2D eigenvalue weighted by Crippen LogP contribution is -2.15. The number of rotatable bonds is 4. The number of aromatic nitrogens is 3. The van der Waals surface area contributed by atoms with Crippen molar-refractivity contribution in [3.8, 4) is 56.4 Å². The van der Waals surface area contributed by atoms with Crippen LogP contribution >= 0.6 is 0 Å². The summed E-state index contributed by atoms with van der Waals surface area (Å²) < 4.78 is 6.82. The molecule has 0 amide bonds. The molecule has 0 aliphatic heterocycles. The van der Waals surface area contributed by atoms with Gasteiger partial charge in [0.15, 0.2) is 17.5 Å². The third-order valence-corrected chi connectivity index (χ3v) is 10.3. The van der Waals surface area contributed by atoms with Crippen molar-refractivity contribution in [1.82, 2.24) is 15.0 Å². The molecule has 1 aliphatic rings. The summed E-state index contributed by atoms with van der Waals surface area (Å²) in [4.78, 5) is 14.7. The predicted octanol–water partition coefficient (Wildman–Crippen LogP) is 11.9. The van der Waals surface area contributed by atoms with Gasteiger partial charge in [-0.05, 0) is 50.9 Å². The van der Waals surface area contributed by atoms with E-state index in [2.05, 4.69) is 105 Å². The summed E-state index contributed by atoms with van der Waals surface area (Å²) in [6.07, 6.45) is 0. The van der Waals surface area contributed by atoms with E-state index in [-0.39, 0.29) is 5.41 Å². The molecule has 0 saturated heterocycles. The van der Waals surface area contributed by atoms with E-state index in [9.17, 15) is 0 Å². The number of fused-ring (bicyclic) bond motifs is 10. The van der Waals surface area contributed by atoms with Crippen LogP contribution in [0.1, 0.15) is 25.0 Å². The lowest BCUT2D eigenvalue weighted by Gasteiger charge is -2.22. The summed E-state index contributed by atoms with van der Waals surface area (Å²) in [7, 11) is 0. The highest BCUT2D eigenvalue weighted by Gasteiger charge is 2.39. The highest BCUT2D eigenvalue weighted by molar-refractivity contribution is 6.23. The maximum Gasteiger partial charge on any atom is 0.164 e. The van der Waals surface area contributed by atoms with Gasteiger partial charge in [-0.25, -0.2) is 15.0 Å². The average molecular weight is 642 g/mol. The molecule has 236 valence electrons. The third kappa shape index (κ3) is 4.28. The Kier molecular flexibility index (Phi) is 6.19. The van der Waals surface area contributed by atoms with Crippen molar-refractivity contribution in [2.24, 2.45) is 0 Å². The van der Waals surface area contributed by atoms with Gasteiger partial charge in [-0.2, -0.15) is 0 Å². The number of furan rings is 1. The molecule has 7 aromatic carbocycles. The summed E-state index contributed by atoms with van der Waals surface area (Å²) in [6, 6.07) is 52.8. The van der Waals surface area contributed by atoms with Gasteiger partial charge >= 0.3 is 0 Å². The Morgan fingerprint density at radius 1 is 0.460 bits per heavy atom. The smallest absolute Gasteiger partial charge is 0.164 e. The molecule has 10 rings (SSSR count). The second kappa shape index (κ2) is 10.8. The fourth-order valence-electron chi connectivity index (χ4n) is 7.91. The lowest BCUT2D eigenvalue weighted by atomic mass is 9.79. The highest BCUT2D eigenvalue weighted by Crippen LogP contribution is 2.56. The molecule has 1 aliphatic carbocycles. The summed E-state index contributed by atoms with van der Waals surface area (Å²) in [6.45, 7) is 4.69. The number of nitrogens with zero attached hydrogens (tertiary/aromatic N) is 3. The first kappa shape index (κ1) is 28.6. The van der Waals surface area contributed by atoms with Gasteiger partial charge in [0.1, 0.15) is 11.2 Å². The quantitative estimate of drug-likeness (QED) is 0.192. The molecule has 0 bridgehead atoms. The Morgan fingerprint density at radius 2 is 0.980 bits per heavy atom. The molecular weight excluding hydrogens is 611 g/mol.